The Labute approximate surface area is 150 Å². The van der Waals surface area contributed by atoms with Crippen LogP contribution in [0.1, 0.15) is 38.3 Å². The number of ether oxygens (including phenoxy) is 2. The van der Waals surface area contributed by atoms with Gasteiger partial charge in [0.2, 0.25) is 0 Å². The van der Waals surface area contributed by atoms with Gasteiger partial charge in [-0.05, 0) is 50.5 Å². The number of aliphatic imine (C=N–C) groups is 1. The summed E-state index contributed by atoms with van der Waals surface area (Å²) in [7, 11) is 0. The Balaban J connectivity index is 2.18. The lowest BCUT2D eigenvalue weighted by molar-refractivity contribution is -0.214. The van der Waals surface area contributed by atoms with Gasteiger partial charge < -0.3 is 15.2 Å². The van der Waals surface area contributed by atoms with Gasteiger partial charge in [0.15, 0.2) is 5.54 Å². The Morgan fingerprint density at radius 3 is 2.58 bits per heavy atom. The molecule has 26 heavy (non-hydrogen) atoms. The van der Waals surface area contributed by atoms with Gasteiger partial charge in [0.25, 0.3) is 0 Å². The van der Waals surface area contributed by atoms with Crippen LogP contribution in [0.15, 0.2) is 29.3 Å². The molecule has 0 saturated heterocycles. The second-order valence-corrected chi connectivity index (χ2v) is 7.30. The van der Waals surface area contributed by atoms with Gasteiger partial charge in [-0.2, -0.15) is 0 Å². The number of nitrogens with zero attached hydrogens (tertiary/aromatic N) is 1. The maximum Gasteiger partial charge on any atom is 0.304 e. The Kier molecular flexibility index (Phi) is 4.65. The summed E-state index contributed by atoms with van der Waals surface area (Å²) in [6.45, 7) is 4.49. The first-order chi connectivity index (χ1) is 12.1. The monoisotopic (exact) mass is 368 g/mol. The van der Waals surface area contributed by atoms with Crippen molar-refractivity contribution < 1.29 is 22.6 Å². The van der Waals surface area contributed by atoms with E-state index in [1.165, 1.54) is 32.9 Å². The van der Waals surface area contributed by atoms with Crippen LogP contribution in [0, 0.1) is 5.82 Å². The Bertz CT molecular complexity index is 774. The van der Waals surface area contributed by atoms with Gasteiger partial charge in [-0.3, -0.25) is 4.99 Å². The highest BCUT2D eigenvalue weighted by atomic mass is 19.3. The zero-order chi connectivity index (χ0) is 19.2. The molecule has 7 heteroatoms. The van der Waals surface area contributed by atoms with Gasteiger partial charge in [-0.1, -0.05) is 12.1 Å². The van der Waals surface area contributed by atoms with Gasteiger partial charge >= 0.3 is 5.92 Å². The van der Waals surface area contributed by atoms with Crippen LogP contribution < -0.4 is 5.73 Å². The molecule has 2 heterocycles. The fourth-order valence-electron chi connectivity index (χ4n) is 3.44. The zero-order valence-corrected chi connectivity index (χ0v) is 15.1. The molecule has 0 fully saturated rings. The average molecular weight is 368 g/mol. The van der Waals surface area contributed by atoms with Crippen molar-refractivity contribution in [3.8, 4) is 0 Å². The van der Waals surface area contributed by atoms with E-state index in [2.05, 4.69) is 4.99 Å². The molecule has 3 rings (SSSR count). The van der Waals surface area contributed by atoms with Crippen molar-refractivity contribution in [3.05, 3.63) is 41.2 Å². The SMILES string of the molecule is CC1(C)OCC(N)=NC(C)(c2cc(C3=CCOCC3)ccc2F)C1(F)F. The van der Waals surface area contributed by atoms with E-state index in [1.807, 2.05) is 6.08 Å². The molecule has 0 amide bonds. The van der Waals surface area contributed by atoms with E-state index in [4.69, 9.17) is 15.2 Å². The van der Waals surface area contributed by atoms with E-state index in [0.717, 1.165) is 5.57 Å². The Morgan fingerprint density at radius 2 is 1.92 bits per heavy atom. The van der Waals surface area contributed by atoms with Gasteiger partial charge in [-0.25, -0.2) is 13.2 Å². The van der Waals surface area contributed by atoms with Crippen molar-refractivity contribution >= 4 is 11.4 Å². The largest absolute Gasteiger partial charge is 0.385 e. The quantitative estimate of drug-likeness (QED) is 0.867. The highest BCUT2D eigenvalue weighted by Crippen LogP contribution is 2.50. The first-order valence-electron chi connectivity index (χ1n) is 8.52. The molecule has 0 aliphatic carbocycles. The number of amidine groups is 1. The Hall–Kier alpha value is -1.86. The zero-order valence-electron chi connectivity index (χ0n) is 15.1. The van der Waals surface area contributed by atoms with Crippen LogP contribution in [0.5, 0.6) is 0 Å². The fourth-order valence-corrected chi connectivity index (χ4v) is 3.44. The second-order valence-electron chi connectivity index (χ2n) is 7.30. The average Bonchev–Trinajstić information content (AvgIpc) is 2.66. The summed E-state index contributed by atoms with van der Waals surface area (Å²) in [5.41, 5.74) is 3.12. The molecule has 2 aliphatic rings. The van der Waals surface area contributed by atoms with Crippen LogP contribution in [-0.4, -0.2) is 37.2 Å². The van der Waals surface area contributed by atoms with Crippen molar-refractivity contribution in [2.24, 2.45) is 10.7 Å². The number of benzene rings is 1. The third-order valence-corrected chi connectivity index (χ3v) is 5.14. The number of nitrogens with two attached hydrogens (primary N) is 1. The van der Waals surface area contributed by atoms with Gasteiger partial charge in [0.05, 0.1) is 13.2 Å². The third-order valence-electron chi connectivity index (χ3n) is 5.14. The predicted molar refractivity (Wildman–Crippen MR) is 93.8 cm³/mol. The van der Waals surface area contributed by atoms with E-state index in [1.54, 1.807) is 6.07 Å². The van der Waals surface area contributed by atoms with Crippen molar-refractivity contribution in [2.45, 2.75) is 44.3 Å². The first kappa shape index (κ1) is 18.9. The maximum atomic E-state index is 15.4. The molecular weight excluding hydrogens is 345 g/mol. The summed E-state index contributed by atoms with van der Waals surface area (Å²) in [5, 5.41) is 0. The van der Waals surface area contributed by atoms with E-state index in [9.17, 15) is 4.39 Å². The predicted octanol–water partition coefficient (Wildman–Crippen LogP) is 3.65. The second kappa shape index (κ2) is 6.39. The maximum absolute atomic E-state index is 15.4. The van der Waals surface area contributed by atoms with Crippen molar-refractivity contribution in [1.82, 2.24) is 0 Å². The molecule has 4 nitrogen and oxygen atoms in total. The number of hydrogen-bond donors (Lipinski definition) is 1. The fraction of sp³-hybridized carbons (Fsp3) is 0.526. The normalized spacial score (nSPS) is 28.1. The van der Waals surface area contributed by atoms with Crippen LogP contribution >= 0.6 is 0 Å². The molecule has 0 spiro atoms. The lowest BCUT2D eigenvalue weighted by Gasteiger charge is -2.42. The molecular formula is C19H23F3N2O2. The van der Waals surface area contributed by atoms with Crippen molar-refractivity contribution in [2.75, 3.05) is 19.8 Å². The van der Waals surface area contributed by atoms with Crippen molar-refractivity contribution in [1.29, 1.82) is 0 Å². The molecule has 2 aliphatic heterocycles. The smallest absolute Gasteiger partial charge is 0.304 e. The highest BCUT2D eigenvalue weighted by molar-refractivity contribution is 5.82. The molecule has 0 bridgehead atoms. The molecule has 0 aromatic heterocycles. The molecule has 1 aromatic rings. The van der Waals surface area contributed by atoms with Crippen LogP contribution in [0.25, 0.3) is 5.57 Å². The summed E-state index contributed by atoms with van der Waals surface area (Å²) < 4.78 is 56.1. The minimum atomic E-state index is -3.50. The lowest BCUT2D eigenvalue weighted by atomic mass is 9.77. The van der Waals surface area contributed by atoms with Gasteiger partial charge in [0.1, 0.15) is 23.9 Å². The Morgan fingerprint density at radius 1 is 1.19 bits per heavy atom. The van der Waals surface area contributed by atoms with E-state index in [0.29, 0.717) is 25.2 Å². The third kappa shape index (κ3) is 2.93. The summed E-state index contributed by atoms with van der Waals surface area (Å²) in [5.74, 6) is -4.34. The number of rotatable bonds is 2. The van der Waals surface area contributed by atoms with Crippen LogP contribution in [-0.2, 0) is 15.0 Å². The number of halogens is 3. The molecule has 1 atom stereocenters. The summed E-state index contributed by atoms with van der Waals surface area (Å²) >= 11 is 0. The topological polar surface area (TPSA) is 56.8 Å². The standard InChI is InChI=1S/C19H23F3N2O2/c1-17(2)19(21,22)18(3,24-16(23)11-26-17)14-10-13(4-5-15(14)20)12-6-8-25-9-7-12/h4-6,10H,7-9,11H2,1-3H3,(H2,23,24). The molecule has 1 unspecified atom stereocenters. The van der Waals surface area contributed by atoms with E-state index in [-0.39, 0.29) is 18.0 Å². The van der Waals surface area contributed by atoms with Gasteiger partial charge in [-0.15, -0.1) is 0 Å². The molecule has 2 N–H and O–H groups in total. The minimum absolute atomic E-state index is 0.0900. The van der Waals surface area contributed by atoms with Gasteiger partial charge in [0, 0.05) is 5.56 Å². The molecule has 0 radical (unpaired) electrons. The highest BCUT2D eigenvalue weighted by Gasteiger charge is 2.63. The first-order valence-corrected chi connectivity index (χ1v) is 8.52. The molecule has 0 saturated carbocycles. The van der Waals surface area contributed by atoms with Crippen LogP contribution in [0.4, 0.5) is 13.2 Å². The summed E-state index contributed by atoms with van der Waals surface area (Å²) in [6, 6.07) is 4.23. The summed E-state index contributed by atoms with van der Waals surface area (Å²) in [4.78, 5) is 4.01. The van der Waals surface area contributed by atoms with E-state index < -0.39 is 22.9 Å². The lowest BCUT2D eigenvalue weighted by Crippen LogP contribution is -2.56. The summed E-state index contributed by atoms with van der Waals surface area (Å²) in [6.07, 6.45) is 2.51. The minimum Gasteiger partial charge on any atom is -0.385 e. The molecule has 1 aromatic carbocycles. The van der Waals surface area contributed by atoms with Crippen LogP contribution in [0.3, 0.4) is 0 Å². The van der Waals surface area contributed by atoms with E-state index >= 15 is 8.78 Å². The van der Waals surface area contributed by atoms with Crippen molar-refractivity contribution in [3.63, 3.8) is 0 Å². The number of alkyl halides is 2. The van der Waals surface area contributed by atoms with Crippen LogP contribution in [0.2, 0.25) is 0 Å². The molecule has 142 valence electrons. The number of hydrogen-bond acceptors (Lipinski definition) is 4.